The van der Waals surface area contributed by atoms with Crippen LogP contribution in [0.15, 0.2) is 42.5 Å². The van der Waals surface area contributed by atoms with Crippen molar-refractivity contribution in [1.29, 1.82) is 0 Å². The van der Waals surface area contributed by atoms with E-state index < -0.39 is 0 Å². The molecule has 0 bridgehead atoms. The van der Waals surface area contributed by atoms with Crippen LogP contribution >= 0.6 is 0 Å². The molecule has 0 aliphatic carbocycles. The number of para-hydroxylation sites is 1. The third kappa shape index (κ3) is 2.20. The molecule has 4 heteroatoms. The van der Waals surface area contributed by atoms with Gasteiger partial charge in [-0.1, -0.05) is 18.2 Å². The third-order valence-corrected chi connectivity index (χ3v) is 3.58. The molecule has 0 spiro atoms. The maximum Gasteiger partial charge on any atom is 0.120 e. The molecule has 0 saturated carbocycles. The van der Waals surface area contributed by atoms with Gasteiger partial charge in [-0.25, -0.2) is 4.98 Å². The number of hydrogen-bond donors (Lipinski definition) is 2. The van der Waals surface area contributed by atoms with Gasteiger partial charge in [0.1, 0.15) is 11.6 Å². The van der Waals surface area contributed by atoms with Gasteiger partial charge in [0.15, 0.2) is 0 Å². The second-order valence-electron chi connectivity index (χ2n) is 4.90. The maximum atomic E-state index is 9.74. The Kier molecular flexibility index (Phi) is 3.06. The topological polar surface area (TPSA) is 50.1 Å². The number of benzene rings is 2. The van der Waals surface area contributed by atoms with Crippen LogP contribution in [0.2, 0.25) is 0 Å². The van der Waals surface area contributed by atoms with E-state index in [9.17, 15) is 5.11 Å². The predicted octanol–water partition coefficient (Wildman–Crippen LogP) is 3.20. The first kappa shape index (κ1) is 12.5. The Morgan fingerprint density at radius 3 is 2.80 bits per heavy atom. The number of aromatic nitrogens is 2. The van der Waals surface area contributed by atoms with Crippen LogP contribution in [-0.2, 0) is 13.6 Å². The van der Waals surface area contributed by atoms with Crippen molar-refractivity contribution in [3.8, 4) is 5.75 Å². The van der Waals surface area contributed by atoms with Gasteiger partial charge in [-0.15, -0.1) is 0 Å². The SMILES string of the molecule is Cc1nc2cc(NCc3ccccc3O)ccc2n1C. The van der Waals surface area contributed by atoms with Crippen molar-refractivity contribution in [2.75, 3.05) is 5.32 Å². The van der Waals surface area contributed by atoms with Crippen molar-refractivity contribution < 1.29 is 5.11 Å². The summed E-state index contributed by atoms with van der Waals surface area (Å²) in [5, 5.41) is 13.1. The van der Waals surface area contributed by atoms with Gasteiger partial charge in [-0.3, -0.25) is 0 Å². The van der Waals surface area contributed by atoms with Gasteiger partial charge in [0.2, 0.25) is 0 Å². The fraction of sp³-hybridized carbons (Fsp3) is 0.188. The smallest absolute Gasteiger partial charge is 0.120 e. The highest BCUT2D eigenvalue weighted by Crippen LogP contribution is 2.21. The molecule has 0 atom stereocenters. The van der Waals surface area contributed by atoms with E-state index in [4.69, 9.17) is 0 Å². The van der Waals surface area contributed by atoms with Crippen molar-refractivity contribution in [3.63, 3.8) is 0 Å². The highest BCUT2D eigenvalue weighted by Gasteiger charge is 2.05. The highest BCUT2D eigenvalue weighted by molar-refractivity contribution is 5.80. The summed E-state index contributed by atoms with van der Waals surface area (Å²) >= 11 is 0. The molecular weight excluding hydrogens is 250 g/mol. The standard InChI is InChI=1S/C16H17N3O/c1-11-18-14-9-13(7-8-15(14)19(11)2)17-10-12-5-3-4-6-16(12)20/h3-9,17,20H,10H2,1-2H3. The minimum Gasteiger partial charge on any atom is -0.508 e. The molecule has 4 nitrogen and oxygen atoms in total. The van der Waals surface area contributed by atoms with E-state index in [-0.39, 0.29) is 0 Å². The lowest BCUT2D eigenvalue weighted by Crippen LogP contribution is -1.99. The molecule has 0 saturated heterocycles. The van der Waals surface area contributed by atoms with Crippen LogP contribution in [0, 0.1) is 6.92 Å². The highest BCUT2D eigenvalue weighted by atomic mass is 16.3. The summed E-state index contributed by atoms with van der Waals surface area (Å²) in [5.41, 5.74) is 3.98. The van der Waals surface area contributed by atoms with Crippen LogP contribution in [0.3, 0.4) is 0 Å². The molecule has 0 aliphatic rings. The predicted molar refractivity (Wildman–Crippen MR) is 80.9 cm³/mol. The largest absolute Gasteiger partial charge is 0.508 e. The molecule has 0 fully saturated rings. The van der Waals surface area contributed by atoms with Crippen LogP contribution in [0.1, 0.15) is 11.4 Å². The molecule has 3 aromatic rings. The number of anilines is 1. The Morgan fingerprint density at radius 2 is 2.00 bits per heavy atom. The third-order valence-electron chi connectivity index (χ3n) is 3.58. The quantitative estimate of drug-likeness (QED) is 0.766. The summed E-state index contributed by atoms with van der Waals surface area (Å²) in [6.07, 6.45) is 0. The maximum absolute atomic E-state index is 9.74. The minimum atomic E-state index is 0.315. The van der Waals surface area contributed by atoms with Gasteiger partial charge < -0.3 is 15.0 Å². The van der Waals surface area contributed by atoms with Crippen molar-refractivity contribution in [2.45, 2.75) is 13.5 Å². The fourth-order valence-corrected chi connectivity index (χ4v) is 2.29. The Labute approximate surface area is 117 Å². The molecule has 2 aromatic carbocycles. The summed E-state index contributed by atoms with van der Waals surface area (Å²) in [6, 6.07) is 13.5. The van der Waals surface area contributed by atoms with Gasteiger partial charge in [0.05, 0.1) is 11.0 Å². The first-order chi connectivity index (χ1) is 9.65. The molecule has 0 radical (unpaired) electrons. The summed E-state index contributed by atoms with van der Waals surface area (Å²) < 4.78 is 2.07. The first-order valence-electron chi connectivity index (χ1n) is 6.59. The fourth-order valence-electron chi connectivity index (χ4n) is 2.29. The van der Waals surface area contributed by atoms with Crippen LogP contribution in [0.4, 0.5) is 5.69 Å². The normalized spacial score (nSPS) is 10.9. The first-order valence-corrected chi connectivity index (χ1v) is 6.59. The van der Waals surface area contributed by atoms with Gasteiger partial charge in [-0.05, 0) is 31.2 Å². The van der Waals surface area contributed by atoms with E-state index in [0.29, 0.717) is 12.3 Å². The molecule has 0 aliphatic heterocycles. The van der Waals surface area contributed by atoms with E-state index in [2.05, 4.69) is 20.9 Å². The zero-order chi connectivity index (χ0) is 14.1. The molecule has 3 rings (SSSR count). The lowest BCUT2D eigenvalue weighted by Gasteiger charge is -2.08. The van der Waals surface area contributed by atoms with Gasteiger partial charge in [0.25, 0.3) is 0 Å². The number of fused-ring (bicyclic) bond motifs is 1. The Hall–Kier alpha value is -2.49. The van der Waals surface area contributed by atoms with E-state index in [0.717, 1.165) is 28.1 Å². The number of phenols is 1. The molecule has 1 heterocycles. The van der Waals surface area contributed by atoms with E-state index in [1.54, 1.807) is 6.07 Å². The number of imidazole rings is 1. The van der Waals surface area contributed by atoms with Crippen LogP contribution < -0.4 is 5.32 Å². The lowest BCUT2D eigenvalue weighted by atomic mass is 10.2. The van der Waals surface area contributed by atoms with Crippen molar-refractivity contribution in [3.05, 3.63) is 53.9 Å². The second-order valence-corrected chi connectivity index (χ2v) is 4.90. The molecule has 102 valence electrons. The molecular formula is C16H17N3O. The molecule has 2 N–H and O–H groups in total. The second kappa shape index (κ2) is 4.89. The monoisotopic (exact) mass is 267 g/mol. The zero-order valence-corrected chi connectivity index (χ0v) is 11.6. The van der Waals surface area contributed by atoms with E-state index in [1.807, 2.05) is 44.3 Å². The molecule has 20 heavy (non-hydrogen) atoms. The zero-order valence-electron chi connectivity index (χ0n) is 11.6. The lowest BCUT2D eigenvalue weighted by molar-refractivity contribution is 0.469. The summed E-state index contributed by atoms with van der Waals surface area (Å²) in [5.74, 6) is 1.31. The van der Waals surface area contributed by atoms with Gasteiger partial charge in [-0.2, -0.15) is 0 Å². The van der Waals surface area contributed by atoms with Crippen LogP contribution in [0.5, 0.6) is 5.75 Å². The van der Waals surface area contributed by atoms with E-state index in [1.165, 1.54) is 0 Å². The number of phenolic OH excluding ortho intramolecular Hbond substituents is 1. The van der Waals surface area contributed by atoms with E-state index >= 15 is 0 Å². The van der Waals surface area contributed by atoms with Crippen molar-refractivity contribution in [2.24, 2.45) is 7.05 Å². The average Bonchev–Trinajstić information content (AvgIpc) is 2.73. The van der Waals surface area contributed by atoms with Gasteiger partial charge in [0, 0.05) is 24.8 Å². The molecule has 0 amide bonds. The summed E-state index contributed by atoms with van der Waals surface area (Å²) in [4.78, 5) is 4.52. The van der Waals surface area contributed by atoms with Crippen molar-refractivity contribution >= 4 is 16.7 Å². The number of rotatable bonds is 3. The molecule has 1 aromatic heterocycles. The van der Waals surface area contributed by atoms with Crippen LogP contribution in [0.25, 0.3) is 11.0 Å². The Balaban J connectivity index is 1.83. The number of hydrogen-bond acceptors (Lipinski definition) is 3. The van der Waals surface area contributed by atoms with Crippen LogP contribution in [-0.4, -0.2) is 14.7 Å². The number of aryl methyl sites for hydroxylation is 2. The molecule has 0 unspecified atom stereocenters. The number of aromatic hydroxyl groups is 1. The van der Waals surface area contributed by atoms with Crippen molar-refractivity contribution in [1.82, 2.24) is 9.55 Å². The number of nitrogens with one attached hydrogen (secondary N) is 1. The summed E-state index contributed by atoms with van der Waals surface area (Å²) in [6.45, 7) is 2.58. The van der Waals surface area contributed by atoms with Gasteiger partial charge >= 0.3 is 0 Å². The Bertz CT molecular complexity index is 762. The Morgan fingerprint density at radius 1 is 1.20 bits per heavy atom. The number of nitrogens with zero attached hydrogens (tertiary/aromatic N) is 2. The minimum absolute atomic E-state index is 0.315. The average molecular weight is 267 g/mol. The summed E-state index contributed by atoms with van der Waals surface area (Å²) in [7, 11) is 2.01.